The third-order valence-corrected chi connectivity index (χ3v) is 4.47. The van der Waals surface area contributed by atoms with Crippen molar-refractivity contribution in [3.63, 3.8) is 0 Å². The normalized spacial score (nSPS) is 16.9. The van der Waals surface area contributed by atoms with Gasteiger partial charge in [0.1, 0.15) is 0 Å². The molecule has 1 amide bonds. The fraction of sp³-hybridized carbons (Fsp3) is 0.111. The van der Waals surface area contributed by atoms with Crippen molar-refractivity contribution in [2.75, 3.05) is 5.32 Å². The zero-order valence-corrected chi connectivity index (χ0v) is 15.6. The predicted octanol–water partition coefficient (Wildman–Crippen LogP) is 4.42. The molecular formula is C18H15Cl2N3OS. The number of carbonyl (C=O) groups is 1. The Morgan fingerprint density at radius 2 is 1.80 bits per heavy atom. The zero-order valence-electron chi connectivity index (χ0n) is 13.3. The Kier molecular flexibility index (Phi) is 5.27. The van der Waals surface area contributed by atoms with Crippen LogP contribution in [-0.2, 0) is 4.79 Å². The molecule has 0 saturated carbocycles. The molecule has 0 aromatic heterocycles. The molecule has 0 saturated heterocycles. The smallest absolute Gasteiger partial charge is 0.255 e. The molecule has 25 heavy (non-hydrogen) atoms. The summed E-state index contributed by atoms with van der Waals surface area (Å²) >= 11 is 17.3. The van der Waals surface area contributed by atoms with Crippen molar-refractivity contribution in [2.45, 2.75) is 13.0 Å². The predicted molar refractivity (Wildman–Crippen MR) is 106 cm³/mol. The van der Waals surface area contributed by atoms with E-state index < -0.39 is 6.04 Å². The lowest BCUT2D eigenvalue weighted by Crippen LogP contribution is -2.45. The SMILES string of the molecule is CC1=C(C(=O)Nc2cccc(Cl)c2)[C@H](c2cccc(Cl)c2)NC(=S)N1. The molecule has 2 aromatic rings. The van der Waals surface area contributed by atoms with Crippen LogP contribution in [0.15, 0.2) is 59.8 Å². The number of anilines is 1. The minimum absolute atomic E-state index is 0.243. The molecule has 2 aromatic carbocycles. The van der Waals surface area contributed by atoms with E-state index in [1.807, 2.05) is 25.1 Å². The highest BCUT2D eigenvalue weighted by Crippen LogP contribution is 2.29. The molecule has 4 nitrogen and oxygen atoms in total. The average molecular weight is 392 g/mol. The number of thiocarbonyl (C=S) groups is 1. The first-order chi connectivity index (χ1) is 11.9. The van der Waals surface area contributed by atoms with Crippen molar-refractivity contribution in [2.24, 2.45) is 0 Å². The number of allylic oxidation sites excluding steroid dienone is 1. The Morgan fingerprint density at radius 3 is 2.48 bits per heavy atom. The van der Waals surface area contributed by atoms with E-state index in [2.05, 4.69) is 16.0 Å². The van der Waals surface area contributed by atoms with Gasteiger partial charge in [0.15, 0.2) is 5.11 Å². The Labute approximate surface area is 161 Å². The van der Waals surface area contributed by atoms with E-state index in [1.165, 1.54) is 0 Å². The number of hydrogen-bond acceptors (Lipinski definition) is 2. The molecule has 128 valence electrons. The maximum Gasteiger partial charge on any atom is 0.255 e. The minimum atomic E-state index is -0.397. The maximum absolute atomic E-state index is 12.9. The molecule has 1 atom stereocenters. The summed E-state index contributed by atoms with van der Waals surface area (Å²) in [6, 6.07) is 13.9. The van der Waals surface area contributed by atoms with Crippen molar-refractivity contribution < 1.29 is 4.79 Å². The van der Waals surface area contributed by atoms with Crippen LogP contribution in [0.1, 0.15) is 18.5 Å². The van der Waals surface area contributed by atoms with Crippen molar-refractivity contribution in [1.29, 1.82) is 0 Å². The van der Waals surface area contributed by atoms with Crippen LogP contribution in [0.25, 0.3) is 0 Å². The third-order valence-electron chi connectivity index (χ3n) is 3.78. The molecule has 7 heteroatoms. The highest BCUT2D eigenvalue weighted by atomic mass is 35.5. The topological polar surface area (TPSA) is 53.2 Å². The van der Waals surface area contributed by atoms with E-state index in [4.69, 9.17) is 35.4 Å². The van der Waals surface area contributed by atoms with Crippen LogP contribution in [0, 0.1) is 0 Å². The molecule has 0 spiro atoms. The van der Waals surface area contributed by atoms with Crippen molar-refractivity contribution in [3.8, 4) is 0 Å². The Bertz CT molecular complexity index is 882. The molecule has 0 fully saturated rings. The number of nitrogens with one attached hydrogen (secondary N) is 3. The fourth-order valence-corrected chi connectivity index (χ4v) is 3.36. The summed E-state index contributed by atoms with van der Waals surface area (Å²) in [5.74, 6) is -0.243. The first-order valence-electron chi connectivity index (χ1n) is 7.54. The van der Waals surface area contributed by atoms with Gasteiger partial charge in [-0.1, -0.05) is 41.4 Å². The highest BCUT2D eigenvalue weighted by molar-refractivity contribution is 7.80. The summed E-state index contributed by atoms with van der Waals surface area (Å²) < 4.78 is 0. The van der Waals surface area contributed by atoms with Crippen molar-refractivity contribution in [3.05, 3.63) is 75.4 Å². The lowest BCUT2D eigenvalue weighted by molar-refractivity contribution is -0.113. The van der Waals surface area contributed by atoms with Crippen LogP contribution >= 0.6 is 35.4 Å². The molecule has 0 unspecified atom stereocenters. The highest BCUT2D eigenvalue weighted by Gasteiger charge is 2.30. The quantitative estimate of drug-likeness (QED) is 0.677. The molecule has 0 aliphatic carbocycles. The largest absolute Gasteiger partial charge is 0.351 e. The van der Waals surface area contributed by atoms with Crippen molar-refractivity contribution in [1.82, 2.24) is 10.6 Å². The summed E-state index contributed by atoms with van der Waals surface area (Å²) in [5.41, 5.74) is 2.70. The zero-order chi connectivity index (χ0) is 18.0. The van der Waals surface area contributed by atoms with Gasteiger partial charge in [-0.25, -0.2) is 0 Å². The second-order valence-corrected chi connectivity index (χ2v) is 6.87. The van der Waals surface area contributed by atoms with Crippen LogP contribution in [0.5, 0.6) is 0 Å². The van der Waals surface area contributed by atoms with Gasteiger partial charge in [0.05, 0.1) is 11.6 Å². The van der Waals surface area contributed by atoms with Crippen LogP contribution in [0.4, 0.5) is 5.69 Å². The Balaban J connectivity index is 1.96. The number of amides is 1. The van der Waals surface area contributed by atoms with Gasteiger partial charge in [0, 0.05) is 21.4 Å². The minimum Gasteiger partial charge on any atom is -0.351 e. The van der Waals surface area contributed by atoms with Crippen LogP contribution in [-0.4, -0.2) is 11.0 Å². The monoisotopic (exact) mass is 391 g/mol. The second kappa shape index (κ2) is 7.44. The molecule has 0 radical (unpaired) electrons. The second-order valence-electron chi connectivity index (χ2n) is 5.59. The van der Waals surface area contributed by atoms with Gasteiger partial charge in [-0.05, 0) is 55.0 Å². The van der Waals surface area contributed by atoms with Gasteiger partial charge in [0.2, 0.25) is 0 Å². The molecule has 3 rings (SSSR count). The number of rotatable bonds is 3. The molecule has 0 bridgehead atoms. The summed E-state index contributed by atoms with van der Waals surface area (Å²) in [6.07, 6.45) is 0. The number of hydrogen-bond donors (Lipinski definition) is 3. The van der Waals surface area contributed by atoms with Crippen LogP contribution in [0.3, 0.4) is 0 Å². The lowest BCUT2D eigenvalue weighted by Gasteiger charge is -2.30. The first kappa shape index (κ1) is 17.7. The number of carbonyl (C=O) groups excluding carboxylic acids is 1. The van der Waals surface area contributed by atoms with Gasteiger partial charge in [-0.3, -0.25) is 4.79 Å². The third kappa shape index (κ3) is 4.12. The number of benzene rings is 2. The van der Waals surface area contributed by atoms with E-state index in [-0.39, 0.29) is 5.91 Å². The Hall–Kier alpha value is -2.08. The summed E-state index contributed by atoms with van der Waals surface area (Å²) in [4.78, 5) is 12.9. The molecule has 1 aliphatic heterocycles. The summed E-state index contributed by atoms with van der Waals surface area (Å²) in [7, 11) is 0. The van der Waals surface area contributed by atoms with Gasteiger partial charge < -0.3 is 16.0 Å². The van der Waals surface area contributed by atoms with E-state index in [0.29, 0.717) is 32.1 Å². The lowest BCUT2D eigenvalue weighted by atomic mass is 9.95. The van der Waals surface area contributed by atoms with Crippen molar-refractivity contribution >= 4 is 52.1 Å². The summed E-state index contributed by atoms with van der Waals surface area (Å²) in [5, 5.41) is 10.6. The molecule has 1 aliphatic rings. The first-order valence-corrected chi connectivity index (χ1v) is 8.71. The van der Waals surface area contributed by atoms with Gasteiger partial charge in [0.25, 0.3) is 5.91 Å². The maximum atomic E-state index is 12.9. The summed E-state index contributed by atoms with van der Waals surface area (Å²) in [6.45, 7) is 1.82. The van der Waals surface area contributed by atoms with E-state index in [0.717, 1.165) is 5.56 Å². The van der Waals surface area contributed by atoms with E-state index in [1.54, 1.807) is 30.3 Å². The molecule has 3 N–H and O–H groups in total. The Morgan fingerprint density at radius 1 is 1.12 bits per heavy atom. The van der Waals surface area contributed by atoms with Crippen LogP contribution < -0.4 is 16.0 Å². The van der Waals surface area contributed by atoms with Gasteiger partial charge in [-0.15, -0.1) is 0 Å². The molecular weight excluding hydrogens is 377 g/mol. The van der Waals surface area contributed by atoms with E-state index >= 15 is 0 Å². The van der Waals surface area contributed by atoms with E-state index in [9.17, 15) is 4.79 Å². The number of halogens is 2. The molecule has 1 heterocycles. The average Bonchev–Trinajstić information content (AvgIpc) is 2.54. The van der Waals surface area contributed by atoms with Gasteiger partial charge >= 0.3 is 0 Å². The van der Waals surface area contributed by atoms with Gasteiger partial charge in [-0.2, -0.15) is 0 Å². The standard InChI is InChI=1S/C18H15Cl2N3OS/c1-10-15(17(24)22-14-7-3-6-13(20)9-14)16(23-18(25)21-10)11-4-2-5-12(19)8-11/h2-9,16H,1H3,(H,22,24)(H2,21,23,25)/t16-/m0/s1. The fourth-order valence-electron chi connectivity index (χ4n) is 2.70. The van der Waals surface area contributed by atoms with Crippen LogP contribution in [0.2, 0.25) is 10.0 Å².